The highest BCUT2D eigenvalue weighted by atomic mass is 16.5. The molecule has 10 nitrogen and oxygen atoms in total. The molecular weight excluding hydrogens is 412 g/mol. The first-order chi connectivity index (χ1) is 15.6. The Kier molecular flexibility index (Phi) is 6.88. The van der Waals surface area contributed by atoms with E-state index in [1.54, 1.807) is 21.8 Å². The molecule has 1 aliphatic heterocycles. The number of hydrogen-bond acceptors (Lipinski definition) is 8. The molecule has 0 aliphatic carbocycles. The summed E-state index contributed by atoms with van der Waals surface area (Å²) in [6, 6.07) is 5.72. The van der Waals surface area contributed by atoms with Crippen LogP contribution in [0, 0.1) is 6.92 Å². The number of benzene rings is 1. The first-order valence-electron chi connectivity index (χ1n) is 10.8. The van der Waals surface area contributed by atoms with E-state index in [2.05, 4.69) is 20.6 Å². The summed E-state index contributed by atoms with van der Waals surface area (Å²) in [5, 5.41) is 16.6. The van der Waals surface area contributed by atoms with Gasteiger partial charge >= 0.3 is 11.9 Å². The van der Waals surface area contributed by atoms with Crippen LogP contribution < -0.4 is 0 Å². The number of nitrogens with zero attached hydrogens (tertiary/aromatic N) is 6. The van der Waals surface area contributed by atoms with Crippen LogP contribution in [0.5, 0.6) is 0 Å². The van der Waals surface area contributed by atoms with Gasteiger partial charge in [-0.3, -0.25) is 9.59 Å². The van der Waals surface area contributed by atoms with Gasteiger partial charge in [0.05, 0.1) is 23.8 Å². The SMILES string of the molecule is Cc1c2cccc1-n1cc(nn1)COC(=O)CCCCCCCC(=O)OCc1cn-2nn1. The lowest BCUT2D eigenvalue weighted by molar-refractivity contribution is -0.146. The van der Waals surface area contributed by atoms with E-state index in [4.69, 9.17) is 9.47 Å². The molecule has 10 heteroatoms. The van der Waals surface area contributed by atoms with Crippen molar-refractivity contribution in [2.45, 2.75) is 65.1 Å². The summed E-state index contributed by atoms with van der Waals surface area (Å²) >= 11 is 0. The maximum atomic E-state index is 12.0. The standard InChI is InChI=1S/C22H26N6O4/c1-16-19-8-7-9-20(16)28-13-18(24-26-28)15-32-22(30)11-6-4-2-3-5-10-21(29)31-14-17-12-27(19)25-23-17/h7-9,12-13H,2-6,10-11,14-15H2,1H3. The van der Waals surface area contributed by atoms with Crippen LogP contribution in [0.15, 0.2) is 30.6 Å². The molecule has 0 saturated heterocycles. The van der Waals surface area contributed by atoms with E-state index in [-0.39, 0.29) is 25.2 Å². The topological polar surface area (TPSA) is 114 Å². The van der Waals surface area contributed by atoms with Crippen LogP contribution in [-0.2, 0) is 32.3 Å². The lowest BCUT2D eigenvalue weighted by Crippen LogP contribution is -2.05. The second-order valence-corrected chi connectivity index (χ2v) is 7.82. The van der Waals surface area contributed by atoms with E-state index in [0.29, 0.717) is 24.2 Å². The largest absolute Gasteiger partial charge is 0.459 e. The Morgan fingerprint density at radius 2 is 1.22 bits per heavy atom. The number of carbonyl (C=O) groups excluding carboxylic acids is 2. The molecule has 6 bridgehead atoms. The number of esters is 2. The molecular formula is C22H26N6O4. The highest BCUT2D eigenvalue weighted by Crippen LogP contribution is 2.21. The van der Waals surface area contributed by atoms with Crippen LogP contribution in [0.1, 0.15) is 61.9 Å². The maximum Gasteiger partial charge on any atom is 0.306 e. The smallest absolute Gasteiger partial charge is 0.306 e. The van der Waals surface area contributed by atoms with E-state index in [1.165, 1.54) is 0 Å². The number of cyclic esters (lactones) is 2. The summed E-state index contributed by atoms with van der Waals surface area (Å²) in [7, 11) is 0. The molecule has 0 saturated carbocycles. The van der Waals surface area contributed by atoms with Crippen molar-refractivity contribution in [1.82, 2.24) is 30.0 Å². The summed E-state index contributed by atoms with van der Waals surface area (Å²) < 4.78 is 14.0. The molecule has 0 amide bonds. The van der Waals surface area contributed by atoms with E-state index in [0.717, 1.165) is 49.0 Å². The molecule has 0 atom stereocenters. The molecule has 168 valence electrons. The molecule has 2 aromatic heterocycles. The normalized spacial score (nSPS) is 16.4. The van der Waals surface area contributed by atoms with Crippen molar-refractivity contribution in [2.75, 3.05) is 0 Å². The Morgan fingerprint density at radius 3 is 1.72 bits per heavy atom. The van der Waals surface area contributed by atoms with Gasteiger partial charge in [0.15, 0.2) is 0 Å². The fourth-order valence-corrected chi connectivity index (χ4v) is 3.59. The third-order valence-electron chi connectivity index (χ3n) is 5.38. The molecule has 0 unspecified atom stereocenters. The quantitative estimate of drug-likeness (QED) is 0.492. The zero-order valence-electron chi connectivity index (χ0n) is 18.1. The maximum absolute atomic E-state index is 12.0. The van der Waals surface area contributed by atoms with Gasteiger partial charge in [0.25, 0.3) is 0 Å². The van der Waals surface area contributed by atoms with Crippen LogP contribution in [-0.4, -0.2) is 41.9 Å². The van der Waals surface area contributed by atoms with E-state index < -0.39 is 0 Å². The van der Waals surface area contributed by atoms with Crippen molar-refractivity contribution >= 4 is 11.9 Å². The predicted molar refractivity (Wildman–Crippen MR) is 113 cm³/mol. The van der Waals surface area contributed by atoms with Crippen molar-refractivity contribution in [3.05, 3.63) is 47.5 Å². The van der Waals surface area contributed by atoms with E-state index in [1.807, 2.05) is 25.1 Å². The highest BCUT2D eigenvalue weighted by molar-refractivity contribution is 5.69. The predicted octanol–water partition coefficient (Wildman–Crippen LogP) is 2.99. The van der Waals surface area contributed by atoms with Crippen LogP contribution in [0.2, 0.25) is 0 Å². The molecule has 1 aromatic carbocycles. The number of fused-ring (bicyclic) bond motifs is 8. The first kappa shape index (κ1) is 21.7. The Hall–Kier alpha value is -3.56. The summed E-state index contributed by atoms with van der Waals surface area (Å²) in [5.41, 5.74) is 3.71. The molecule has 1 aliphatic rings. The first-order valence-corrected chi connectivity index (χ1v) is 10.8. The zero-order valence-corrected chi connectivity index (χ0v) is 18.1. The van der Waals surface area contributed by atoms with Crippen LogP contribution in [0.4, 0.5) is 0 Å². The van der Waals surface area contributed by atoms with Crippen molar-refractivity contribution in [3.8, 4) is 11.4 Å². The van der Waals surface area contributed by atoms with Gasteiger partial charge < -0.3 is 9.47 Å². The Bertz CT molecular complexity index is 1010. The minimum Gasteiger partial charge on any atom is -0.459 e. The molecule has 4 rings (SSSR count). The third-order valence-corrected chi connectivity index (χ3v) is 5.38. The summed E-state index contributed by atoms with van der Waals surface area (Å²) in [4.78, 5) is 24.0. The van der Waals surface area contributed by atoms with Gasteiger partial charge in [0.1, 0.15) is 24.6 Å². The van der Waals surface area contributed by atoms with Gasteiger partial charge in [0.2, 0.25) is 0 Å². The average molecular weight is 438 g/mol. The number of carbonyl (C=O) groups is 2. The van der Waals surface area contributed by atoms with Gasteiger partial charge in [-0.15, -0.1) is 10.2 Å². The molecule has 32 heavy (non-hydrogen) atoms. The van der Waals surface area contributed by atoms with Crippen LogP contribution in [0.25, 0.3) is 11.4 Å². The van der Waals surface area contributed by atoms with Gasteiger partial charge in [-0.25, -0.2) is 9.36 Å². The third kappa shape index (κ3) is 5.37. The molecule has 0 spiro atoms. The number of aromatic nitrogens is 6. The lowest BCUT2D eigenvalue weighted by atomic mass is 10.1. The monoisotopic (exact) mass is 438 g/mol. The number of hydrogen-bond donors (Lipinski definition) is 0. The Labute approximate surface area is 185 Å². The minimum absolute atomic E-state index is 0.0894. The van der Waals surface area contributed by atoms with Gasteiger partial charge in [-0.1, -0.05) is 35.8 Å². The summed E-state index contributed by atoms with van der Waals surface area (Å²) in [6.07, 6.45) is 8.55. The lowest BCUT2D eigenvalue weighted by Gasteiger charge is -2.10. The van der Waals surface area contributed by atoms with E-state index >= 15 is 0 Å². The average Bonchev–Trinajstić information content (AvgIpc) is 3.45. The zero-order chi connectivity index (χ0) is 22.3. The molecule has 0 radical (unpaired) electrons. The van der Waals surface area contributed by atoms with Crippen molar-refractivity contribution in [1.29, 1.82) is 0 Å². The van der Waals surface area contributed by atoms with Crippen LogP contribution >= 0.6 is 0 Å². The van der Waals surface area contributed by atoms with Gasteiger partial charge in [-0.05, 0) is 31.9 Å². The molecule has 3 aromatic rings. The summed E-state index contributed by atoms with van der Waals surface area (Å²) in [6.45, 7) is 2.13. The minimum atomic E-state index is -0.245. The highest BCUT2D eigenvalue weighted by Gasteiger charge is 2.14. The van der Waals surface area contributed by atoms with Crippen molar-refractivity contribution < 1.29 is 19.1 Å². The fourth-order valence-electron chi connectivity index (χ4n) is 3.59. The van der Waals surface area contributed by atoms with Crippen molar-refractivity contribution in [2.24, 2.45) is 0 Å². The van der Waals surface area contributed by atoms with Gasteiger partial charge in [-0.2, -0.15) is 0 Å². The fraction of sp³-hybridized carbons (Fsp3) is 0.455. The summed E-state index contributed by atoms with van der Waals surface area (Å²) in [5.74, 6) is -0.490. The second kappa shape index (κ2) is 10.2. The Balaban J connectivity index is 1.56. The van der Waals surface area contributed by atoms with E-state index in [9.17, 15) is 9.59 Å². The molecule has 0 N–H and O–H groups in total. The molecule has 3 heterocycles. The van der Waals surface area contributed by atoms with Gasteiger partial charge in [0, 0.05) is 18.4 Å². The molecule has 0 fully saturated rings. The Morgan fingerprint density at radius 1 is 0.750 bits per heavy atom. The van der Waals surface area contributed by atoms with Crippen molar-refractivity contribution in [3.63, 3.8) is 0 Å². The second-order valence-electron chi connectivity index (χ2n) is 7.82. The number of rotatable bonds is 0. The van der Waals surface area contributed by atoms with Crippen LogP contribution in [0.3, 0.4) is 0 Å². The number of ether oxygens (including phenoxy) is 2.